The Morgan fingerprint density at radius 3 is 2.10 bits per heavy atom. The average Bonchev–Trinajstić information content (AvgIpc) is 3.01. The zero-order valence-corrected chi connectivity index (χ0v) is 18.2. The van der Waals surface area contributed by atoms with Gasteiger partial charge in [-0.05, 0) is 12.8 Å². The Balaban J connectivity index is 1.39. The lowest BCUT2D eigenvalue weighted by atomic mass is 9.96. The second kappa shape index (κ2) is 9.69. The molecule has 2 amide bonds. The van der Waals surface area contributed by atoms with Crippen LogP contribution in [0.15, 0.2) is 4.52 Å². The summed E-state index contributed by atoms with van der Waals surface area (Å²) in [6, 6.07) is 0. The first-order valence-electron chi connectivity index (χ1n) is 10.9. The molecule has 0 atom stereocenters. The van der Waals surface area contributed by atoms with Crippen LogP contribution in [0, 0.1) is 0 Å². The third-order valence-electron chi connectivity index (χ3n) is 5.73. The lowest BCUT2D eigenvalue weighted by Crippen LogP contribution is -2.51. The van der Waals surface area contributed by atoms with E-state index in [0.29, 0.717) is 44.2 Å². The van der Waals surface area contributed by atoms with Crippen LogP contribution in [-0.2, 0) is 21.4 Å². The van der Waals surface area contributed by atoms with Gasteiger partial charge in [0.05, 0.1) is 6.54 Å². The maximum atomic E-state index is 12.5. The van der Waals surface area contributed by atoms with Gasteiger partial charge in [0.25, 0.3) is 0 Å². The summed E-state index contributed by atoms with van der Waals surface area (Å²) in [6.45, 7) is 11.2. The molecule has 2 fully saturated rings. The van der Waals surface area contributed by atoms with Crippen LogP contribution in [0.2, 0.25) is 0 Å². The molecule has 0 spiro atoms. The van der Waals surface area contributed by atoms with Gasteiger partial charge in [-0.3, -0.25) is 14.5 Å². The van der Waals surface area contributed by atoms with Crippen LogP contribution in [0.3, 0.4) is 0 Å². The zero-order chi connectivity index (χ0) is 20.9. The zero-order valence-electron chi connectivity index (χ0n) is 18.2. The molecule has 0 aliphatic carbocycles. The minimum absolute atomic E-state index is 0.110. The molecule has 0 N–H and O–H groups in total. The summed E-state index contributed by atoms with van der Waals surface area (Å²) in [6.07, 6.45) is 5.53. The van der Waals surface area contributed by atoms with E-state index in [1.165, 1.54) is 12.8 Å². The van der Waals surface area contributed by atoms with Crippen LogP contribution in [0.4, 0.5) is 0 Å². The Morgan fingerprint density at radius 2 is 1.52 bits per heavy atom. The van der Waals surface area contributed by atoms with Gasteiger partial charge in [0.2, 0.25) is 17.7 Å². The number of amides is 2. The van der Waals surface area contributed by atoms with E-state index in [-0.39, 0.29) is 17.2 Å². The standard InChI is InChI=1S/C21H35N5O3/c1-21(2,3)20-22-17(29-23-20)8-9-18(27)26-14-12-24(13-15-26)16-19(28)25-10-6-4-5-7-11-25/h4-16H2,1-3H3. The Labute approximate surface area is 173 Å². The molecule has 1 aromatic rings. The van der Waals surface area contributed by atoms with Crippen molar-refractivity contribution in [2.45, 2.75) is 64.7 Å². The van der Waals surface area contributed by atoms with Crippen LogP contribution in [0.1, 0.15) is 64.6 Å². The first kappa shape index (κ1) is 21.7. The quantitative estimate of drug-likeness (QED) is 0.743. The van der Waals surface area contributed by atoms with Crippen LogP contribution < -0.4 is 0 Å². The minimum atomic E-state index is -0.160. The molecular formula is C21H35N5O3. The van der Waals surface area contributed by atoms with Crippen LogP contribution in [0.25, 0.3) is 0 Å². The minimum Gasteiger partial charge on any atom is -0.342 e. The molecular weight excluding hydrogens is 370 g/mol. The lowest BCUT2D eigenvalue weighted by Gasteiger charge is -2.35. The Kier molecular flexibility index (Phi) is 7.27. The highest BCUT2D eigenvalue weighted by Crippen LogP contribution is 2.19. The number of aryl methyl sites for hydroxylation is 1. The Bertz CT molecular complexity index is 681. The summed E-state index contributed by atoms with van der Waals surface area (Å²) in [5.41, 5.74) is -0.160. The van der Waals surface area contributed by atoms with Crippen LogP contribution in [-0.4, -0.2) is 82.5 Å². The summed E-state index contributed by atoms with van der Waals surface area (Å²) in [7, 11) is 0. The highest BCUT2D eigenvalue weighted by molar-refractivity contribution is 5.78. The molecule has 29 heavy (non-hydrogen) atoms. The van der Waals surface area contributed by atoms with Crippen molar-refractivity contribution in [2.24, 2.45) is 0 Å². The smallest absolute Gasteiger partial charge is 0.236 e. The van der Waals surface area contributed by atoms with Gasteiger partial charge >= 0.3 is 0 Å². The van der Waals surface area contributed by atoms with E-state index in [1.54, 1.807) is 0 Å². The fourth-order valence-corrected chi connectivity index (χ4v) is 3.80. The van der Waals surface area contributed by atoms with E-state index in [4.69, 9.17) is 4.52 Å². The molecule has 0 bridgehead atoms. The second-order valence-corrected chi connectivity index (χ2v) is 9.21. The van der Waals surface area contributed by atoms with Crippen LogP contribution >= 0.6 is 0 Å². The number of hydrogen-bond acceptors (Lipinski definition) is 6. The van der Waals surface area contributed by atoms with Gasteiger partial charge in [-0.2, -0.15) is 4.98 Å². The molecule has 0 saturated carbocycles. The van der Waals surface area contributed by atoms with E-state index in [0.717, 1.165) is 39.0 Å². The van der Waals surface area contributed by atoms with Crippen molar-refractivity contribution in [3.05, 3.63) is 11.7 Å². The van der Waals surface area contributed by atoms with Crippen molar-refractivity contribution in [3.8, 4) is 0 Å². The summed E-state index contributed by atoms with van der Waals surface area (Å²) >= 11 is 0. The lowest BCUT2D eigenvalue weighted by molar-refractivity contribution is -0.135. The van der Waals surface area contributed by atoms with E-state index >= 15 is 0 Å². The normalized spacial score (nSPS) is 19.3. The maximum Gasteiger partial charge on any atom is 0.236 e. The predicted molar refractivity (Wildman–Crippen MR) is 109 cm³/mol. The number of nitrogens with zero attached hydrogens (tertiary/aromatic N) is 5. The summed E-state index contributed by atoms with van der Waals surface area (Å²) in [5.74, 6) is 1.53. The molecule has 2 aliphatic heterocycles. The molecule has 3 heterocycles. The number of carbonyl (C=O) groups excluding carboxylic acids is 2. The highest BCUT2D eigenvalue weighted by Gasteiger charge is 2.25. The molecule has 162 valence electrons. The number of carbonyl (C=O) groups is 2. The van der Waals surface area contributed by atoms with Gasteiger partial charge in [0.1, 0.15) is 0 Å². The first-order valence-corrected chi connectivity index (χ1v) is 10.9. The van der Waals surface area contributed by atoms with Gasteiger partial charge in [0.15, 0.2) is 5.82 Å². The van der Waals surface area contributed by atoms with Gasteiger partial charge in [-0.15, -0.1) is 0 Å². The molecule has 1 aromatic heterocycles. The fraction of sp³-hybridized carbons (Fsp3) is 0.810. The van der Waals surface area contributed by atoms with Crippen molar-refractivity contribution < 1.29 is 14.1 Å². The van der Waals surface area contributed by atoms with Crippen molar-refractivity contribution in [3.63, 3.8) is 0 Å². The molecule has 0 unspecified atom stereocenters. The van der Waals surface area contributed by atoms with E-state index in [9.17, 15) is 9.59 Å². The van der Waals surface area contributed by atoms with E-state index < -0.39 is 0 Å². The molecule has 3 rings (SSSR count). The van der Waals surface area contributed by atoms with Crippen molar-refractivity contribution in [1.29, 1.82) is 0 Å². The Morgan fingerprint density at radius 1 is 0.897 bits per heavy atom. The van der Waals surface area contributed by atoms with E-state index in [1.807, 2.05) is 30.6 Å². The summed E-state index contributed by atoms with van der Waals surface area (Å²) in [5, 5.41) is 4.01. The maximum absolute atomic E-state index is 12.5. The number of hydrogen-bond donors (Lipinski definition) is 0. The first-order chi connectivity index (χ1) is 13.8. The fourth-order valence-electron chi connectivity index (χ4n) is 3.80. The summed E-state index contributed by atoms with van der Waals surface area (Å²) < 4.78 is 5.27. The van der Waals surface area contributed by atoms with Gasteiger partial charge in [-0.25, -0.2) is 0 Å². The number of likely N-dealkylation sites (tertiary alicyclic amines) is 1. The van der Waals surface area contributed by atoms with Crippen LogP contribution in [0.5, 0.6) is 0 Å². The predicted octanol–water partition coefficient (Wildman–Crippen LogP) is 1.85. The Hall–Kier alpha value is -1.96. The third kappa shape index (κ3) is 6.26. The second-order valence-electron chi connectivity index (χ2n) is 9.21. The highest BCUT2D eigenvalue weighted by atomic mass is 16.5. The number of aromatic nitrogens is 2. The molecule has 8 nitrogen and oxygen atoms in total. The van der Waals surface area contributed by atoms with E-state index in [2.05, 4.69) is 15.0 Å². The molecule has 2 saturated heterocycles. The average molecular weight is 406 g/mol. The monoisotopic (exact) mass is 405 g/mol. The van der Waals surface area contributed by atoms with Gasteiger partial charge < -0.3 is 14.3 Å². The number of piperazine rings is 1. The van der Waals surface area contributed by atoms with Crippen molar-refractivity contribution in [2.75, 3.05) is 45.8 Å². The molecule has 0 aromatic carbocycles. The van der Waals surface area contributed by atoms with Gasteiger partial charge in [-0.1, -0.05) is 38.8 Å². The SMILES string of the molecule is CC(C)(C)c1noc(CCC(=O)N2CCN(CC(=O)N3CCCCCC3)CC2)n1. The molecule has 8 heteroatoms. The van der Waals surface area contributed by atoms with Crippen molar-refractivity contribution >= 4 is 11.8 Å². The van der Waals surface area contributed by atoms with Gasteiger partial charge in [0, 0.05) is 57.5 Å². The van der Waals surface area contributed by atoms with Crippen molar-refractivity contribution in [1.82, 2.24) is 24.8 Å². The topological polar surface area (TPSA) is 82.8 Å². The number of rotatable bonds is 5. The largest absolute Gasteiger partial charge is 0.342 e. The third-order valence-corrected chi connectivity index (χ3v) is 5.73. The molecule has 0 radical (unpaired) electrons. The summed E-state index contributed by atoms with van der Waals surface area (Å²) in [4.78, 5) is 35.5. The molecule has 2 aliphatic rings.